The number of ether oxygens (including phenoxy) is 1. The molecule has 0 saturated carbocycles. The molecule has 0 aliphatic heterocycles. The molecule has 0 aromatic heterocycles. The number of benzene rings is 1. The first kappa shape index (κ1) is 15.4. The summed E-state index contributed by atoms with van der Waals surface area (Å²) in [7, 11) is 3.29. The van der Waals surface area contributed by atoms with Gasteiger partial charge in [0.15, 0.2) is 6.61 Å². The second-order valence-electron chi connectivity index (χ2n) is 4.54. The number of carbonyl (C=O) groups excluding carboxylic acids is 1. The fraction of sp³-hybridized carbons (Fsp3) is 0.500. The Morgan fingerprint density at radius 3 is 2.68 bits per heavy atom. The topological polar surface area (TPSA) is 41.6 Å². The van der Waals surface area contributed by atoms with Crippen LogP contribution >= 0.6 is 0 Å². The minimum atomic E-state index is -0.330. The molecule has 1 rings (SSSR count). The maximum absolute atomic E-state index is 13.9. The summed E-state index contributed by atoms with van der Waals surface area (Å²) in [4.78, 5) is 12.8. The Hall–Kier alpha value is -1.62. The van der Waals surface area contributed by atoms with Crippen molar-refractivity contribution in [1.82, 2.24) is 10.2 Å². The van der Waals surface area contributed by atoms with Gasteiger partial charge in [0.05, 0.1) is 0 Å². The van der Waals surface area contributed by atoms with Gasteiger partial charge < -0.3 is 15.0 Å². The molecule has 0 bridgehead atoms. The molecule has 106 valence electrons. The summed E-state index contributed by atoms with van der Waals surface area (Å²) in [5.74, 6) is -0.131. The number of hydrogen-bond donors (Lipinski definition) is 1. The first-order chi connectivity index (χ1) is 8.95. The van der Waals surface area contributed by atoms with Crippen LogP contribution in [-0.4, -0.2) is 38.1 Å². The monoisotopic (exact) mass is 268 g/mol. The van der Waals surface area contributed by atoms with E-state index in [0.717, 1.165) is 6.54 Å². The Morgan fingerprint density at radius 1 is 1.47 bits per heavy atom. The summed E-state index contributed by atoms with van der Waals surface area (Å²) < 4.78 is 19.1. The van der Waals surface area contributed by atoms with Gasteiger partial charge in [-0.1, -0.05) is 13.0 Å². The van der Waals surface area contributed by atoms with Crippen molar-refractivity contribution in [3.63, 3.8) is 0 Å². The molecule has 1 aromatic rings. The van der Waals surface area contributed by atoms with E-state index in [1.165, 1.54) is 11.0 Å². The smallest absolute Gasteiger partial charge is 0.259 e. The summed E-state index contributed by atoms with van der Waals surface area (Å²) in [6, 6.07) is 4.61. The van der Waals surface area contributed by atoms with Gasteiger partial charge in [0.1, 0.15) is 11.6 Å². The van der Waals surface area contributed by atoms with Crippen LogP contribution in [-0.2, 0) is 4.79 Å². The zero-order valence-corrected chi connectivity index (χ0v) is 11.9. The highest BCUT2D eigenvalue weighted by molar-refractivity contribution is 5.77. The molecule has 0 spiro atoms. The molecule has 0 aliphatic carbocycles. The third-order valence-corrected chi connectivity index (χ3v) is 2.81. The maximum atomic E-state index is 13.9. The van der Waals surface area contributed by atoms with Crippen molar-refractivity contribution in [3.8, 4) is 5.75 Å². The van der Waals surface area contributed by atoms with Gasteiger partial charge >= 0.3 is 0 Å². The number of rotatable bonds is 6. The maximum Gasteiger partial charge on any atom is 0.259 e. The molecule has 1 atom stereocenters. The average Bonchev–Trinajstić information content (AvgIpc) is 2.36. The lowest BCUT2D eigenvalue weighted by Gasteiger charge is -2.15. The molecule has 1 unspecified atom stereocenters. The first-order valence-electron chi connectivity index (χ1n) is 6.31. The highest BCUT2D eigenvalue weighted by Gasteiger charge is 2.11. The molecule has 1 N–H and O–H groups in total. The second-order valence-corrected chi connectivity index (χ2v) is 4.54. The fourth-order valence-corrected chi connectivity index (χ4v) is 1.64. The predicted molar refractivity (Wildman–Crippen MR) is 72.7 cm³/mol. The lowest BCUT2D eigenvalue weighted by molar-refractivity contribution is -0.130. The van der Waals surface area contributed by atoms with Crippen LogP contribution in [0.3, 0.4) is 0 Å². The van der Waals surface area contributed by atoms with Gasteiger partial charge in [0.2, 0.25) is 0 Å². The summed E-state index contributed by atoms with van der Waals surface area (Å²) in [6.45, 7) is 4.56. The van der Waals surface area contributed by atoms with Crippen LogP contribution in [0.25, 0.3) is 0 Å². The van der Waals surface area contributed by atoms with Crippen molar-refractivity contribution in [1.29, 1.82) is 0 Å². The van der Waals surface area contributed by atoms with Crippen LogP contribution in [0.15, 0.2) is 18.2 Å². The van der Waals surface area contributed by atoms with E-state index in [9.17, 15) is 9.18 Å². The quantitative estimate of drug-likeness (QED) is 0.857. The van der Waals surface area contributed by atoms with Crippen molar-refractivity contribution in [3.05, 3.63) is 29.6 Å². The number of halogens is 1. The minimum Gasteiger partial charge on any atom is -0.484 e. The van der Waals surface area contributed by atoms with Gasteiger partial charge in [-0.05, 0) is 19.5 Å². The second kappa shape index (κ2) is 7.09. The Morgan fingerprint density at radius 2 is 2.16 bits per heavy atom. The standard InChI is InChI=1S/C14H21FN2O2/c1-5-16-10(2)12-7-6-11(8-13(12)15)19-9-14(18)17(3)4/h6-8,10,16H,5,9H2,1-4H3. The third kappa shape index (κ3) is 4.52. The molecule has 0 saturated heterocycles. The molecule has 0 heterocycles. The Balaban J connectivity index is 2.69. The number of carbonyl (C=O) groups is 1. The summed E-state index contributed by atoms with van der Waals surface area (Å²) in [5.41, 5.74) is 0.591. The van der Waals surface area contributed by atoms with Crippen LogP contribution in [0.2, 0.25) is 0 Å². The lowest BCUT2D eigenvalue weighted by Crippen LogP contribution is -2.27. The number of hydrogen-bond acceptors (Lipinski definition) is 3. The van der Waals surface area contributed by atoms with E-state index in [-0.39, 0.29) is 24.4 Å². The molecular formula is C14H21FN2O2. The number of nitrogens with zero attached hydrogens (tertiary/aromatic N) is 1. The molecule has 4 nitrogen and oxygen atoms in total. The molecule has 0 aliphatic rings. The van der Waals surface area contributed by atoms with Crippen LogP contribution in [0.4, 0.5) is 4.39 Å². The van der Waals surface area contributed by atoms with E-state index >= 15 is 0 Å². The lowest BCUT2D eigenvalue weighted by atomic mass is 10.1. The summed E-state index contributed by atoms with van der Waals surface area (Å²) >= 11 is 0. The van der Waals surface area contributed by atoms with Gasteiger partial charge in [-0.15, -0.1) is 0 Å². The van der Waals surface area contributed by atoms with Gasteiger partial charge in [-0.2, -0.15) is 0 Å². The molecule has 0 radical (unpaired) electrons. The molecule has 1 amide bonds. The van der Waals surface area contributed by atoms with Gasteiger partial charge in [-0.3, -0.25) is 4.79 Å². The van der Waals surface area contributed by atoms with E-state index in [0.29, 0.717) is 11.3 Å². The van der Waals surface area contributed by atoms with Gasteiger partial charge in [-0.25, -0.2) is 4.39 Å². The predicted octanol–water partition coefficient (Wildman–Crippen LogP) is 1.96. The van der Waals surface area contributed by atoms with Crippen molar-refractivity contribution in [2.45, 2.75) is 19.9 Å². The van der Waals surface area contributed by atoms with E-state index in [1.807, 2.05) is 13.8 Å². The molecule has 0 fully saturated rings. The molecule has 19 heavy (non-hydrogen) atoms. The Labute approximate surface area is 113 Å². The molecule has 1 aromatic carbocycles. The van der Waals surface area contributed by atoms with Gasteiger partial charge in [0, 0.05) is 31.8 Å². The van der Waals surface area contributed by atoms with Crippen LogP contribution in [0.1, 0.15) is 25.5 Å². The van der Waals surface area contributed by atoms with E-state index in [4.69, 9.17) is 4.74 Å². The van der Waals surface area contributed by atoms with E-state index in [1.54, 1.807) is 26.2 Å². The van der Waals surface area contributed by atoms with Crippen LogP contribution in [0.5, 0.6) is 5.75 Å². The summed E-state index contributed by atoms with van der Waals surface area (Å²) in [5, 5.41) is 3.15. The molecular weight excluding hydrogens is 247 g/mol. The number of nitrogens with one attached hydrogen (secondary N) is 1. The SMILES string of the molecule is CCNC(C)c1ccc(OCC(=O)N(C)C)cc1F. The first-order valence-corrected chi connectivity index (χ1v) is 6.31. The van der Waals surface area contributed by atoms with Crippen molar-refractivity contribution >= 4 is 5.91 Å². The van der Waals surface area contributed by atoms with Crippen LogP contribution < -0.4 is 10.1 Å². The van der Waals surface area contributed by atoms with Crippen LogP contribution in [0, 0.1) is 5.82 Å². The number of likely N-dealkylation sites (N-methyl/N-ethyl adjacent to an activating group) is 1. The van der Waals surface area contributed by atoms with Crippen molar-refractivity contribution < 1.29 is 13.9 Å². The Kier molecular flexibility index (Phi) is 5.76. The minimum absolute atomic E-state index is 0.0533. The van der Waals surface area contributed by atoms with E-state index < -0.39 is 0 Å². The average molecular weight is 268 g/mol. The largest absolute Gasteiger partial charge is 0.484 e. The highest BCUT2D eigenvalue weighted by atomic mass is 19.1. The Bertz CT molecular complexity index is 435. The highest BCUT2D eigenvalue weighted by Crippen LogP contribution is 2.21. The van der Waals surface area contributed by atoms with Gasteiger partial charge in [0.25, 0.3) is 5.91 Å². The van der Waals surface area contributed by atoms with E-state index in [2.05, 4.69) is 5.32 Å². The fourth-order valence-electron chi connectivity index (χ4n) is 1.64. The molecule has 5 heteroatoms. The third-order valence-electron chi connectivity index (χ3n) is 2.81. The zero-order valence-electron chi connectivity index (χ0n) is 11.9. The summed E-state index contributed by atoms with van der Waals surface area (Å²) in [6.07, 6.45) is 0. The van der Waals surface area contributed by atoms with Crippen molar-refractivity contribution in [2.24, 2.45) is 0 Å². The van der Waals surface area contributed by atoms with Crippen molar-refractivity contribution in [2.75, 3.05) is 27.2 Å². The zero-order chi connectivity index (χ0) is 14.4. The normalized spacial score (nSPS) is 12.1. The number of amides is 1.